The zero-order chi connectivity index (χ0) is 25.1. The van der Waals surface area contributed by atoms with Crippen molar-refractivity contribution in [1.29, 1.82) is 0 Å². The van der Waals surface area contributed by atoms with Crippen molar-refractivity contribution in [3.63, 3.8) is 0 Å². The van der Waals surface area contributed by atoms with E-state index in [4.69, 9.17) is 13.0 Å². The molecule has 1 aliphatic carbocycles. The summed E-state index contributed by atoms with van der Waals surface area (Å²) in [7, 11) is -5.84. The van der Waals surface area contributed by atoms with E-state index in [0.717, 1.165) is 22.8 Å². The Morgan fingerprint density at radius 2 is 1.18 bits per heavy atom. The maximum absolute atomic E-state index is 10.7. The van der Waals surface area contributed by atoms with Crippen LogP contribution in [0.25, 0.3) is 21.9 Å². The average molecular weight is 489 g/mol. The van der Waals surface area contributed by atoms with Gasteiger partial charge in [-0.05, 0) is 65.1 Å². The molecule has 0 heterocycles. The molecule has 4 aromatic carbocycles. The highest BCUT2D eigenvalue weighted by molar-refractivity contribution is 7.86. The fraction of sp³-hybridized carbons (Fsp3) is 0.154. The minimum atomic E-state index is -5.84. The number of benzene rings is 4. The van der Waals surface area contributed by atoms with Gasteiger partial charge in [-0.25, -0.2) is 0 Å². The summed E-state index contributed by atoms with van der Waals surface area (Å²) in [5.74, 6) is 0.374. The molecule has 0 saturated heterocycles. The molecule has 0 fully saturated rings. The van der Waals surface area contributed by atoms with Gasteiger partial charge < -0.3 is 5.11 Å². The number of phenols is 1. The second kappa shape index (κ2) is 9.87. The Bertz CT molecular complexity index is 1380. The second-order valence-corrected chi connectivity index (χ2v) is 9.21. The van der Waals surface area contributed by atoms with Crippen LogP contribution < -0.4 is 0 Å². The summed E-state index contributed by atoms with van der Waals surface area (Å²) >= 11 is 0. The van der Waals surface area contributed by atoms with Crippen molar-refractivity contribution in [2.45, 2.75) is 25.8 Å². The van der Waals surface area contributed by atoms with Gasteiger partial charge >= 0.3 is 15.6 Å². The highest BCUT2D eigenvalue weighted by Gasteiger charge is 2.44. The Kier molecular flexibility index (Phi) is 7.33. The third-order valence-electron chi connectivity index (χ3n) is 5.55. The number of fused-ring (bicyclic) bond motifs is 4. The Morgan fingerprint density at radius 1 is 0.765 bits per heavy atom. The van der Waals surface area contributed by atoms with Crippen molar-refractivity contribution in [1.82, 2.24) is 0 Å². The van der Waals surface area contributed by atoms with Crippen LogP contribution in [0.4, 0.5) is 13.2 Å². The molecule has 0 bridgehead atoms. The molecule has 0 saturated carbocycles. The van der Waals surface area contributed by atoms with Crippen LogP contribution in [-0.2, 0) is 16.5 Å². The predicted octanol–water partition coefficient (Wildman–Crippen LogP) is 6.81. The molecule has 34 heavy (non-hydrogen) atoms. The number of hydrogen-bond donors (Lipinski definition) is 2. The van der Waals surface area contributed by atoms with Gasteiger partial charge in [-0.1, -0.05) is 72.8 Å². The molecule has 4 aromatic rings. The summed E-state index contributed by atoms with van der Waals surface area (Å²) in [6, 6.07) is 27.0. The van der Waals surface area contributed by atoms with E-state index >= 15 is 0 Å². The van der Waals surface area contributed by atoms with Gasteiger partial charge in [0, 0.05) is 5.39 Å². The first-order valence-electron chi connectivity index (χ1n) is 10.3. The van der Waals surface area contributed by atoms with Crippen molar-refractivity contribution < 1.29 is 31.2 Å². The number of aromatic hydroxyl groups is 1. The van der Waals surface area contributed by atoms with E-state index in [-0.39, 0.29) is 0 Å². The monoisotopic (exact) mass is 488 g/mol. The normalized spacial score (nSPS) is 12.1. The first-order chi connectivity index (χ1) is 15.9. The summed E-state index contributed by atoms with van der Waals surface area (Å²) in [4.78, 5) is 0. The number of phenolic OH excluding ortho intramolecular Hbond substituents is 1. The standard InChI is InChI=1S/C13H10.C12H12O.CHF3O3S/c1-3-7-12-10(5-1)9-11-6-2-4-8-13(11)12;1-8-7-12(13)11-6-4-3-5-10(11)9(8)2;2-1(3,4)8(5,6)7/h1-8H,9H2;3-7,13H,1-2H3;(H,5,6,7). The van der Waals surface area contributed by atoms with E-state index in [1.165, 1.54) is 27.8 Å². The van der Waals surface area contributed by atoms with Gasteiger partial charge in [0.25, 0.3) is 0 Å². The SMILES string of the molecule is Cc1cc(O)c2ccccc2c1C.O=S(=O)(O)C(F)(F)F.c1ccc2c(c1)Cc1ccccc1-2. The van der Waals surface area contributed by atoms with Crippen molar-refractivity contribution in [2.24, 2.45) is 0 Å². The summed E-state index contributed by atoms with van der Waals surface area (Å²) in [5.41, 5.74) is 2.60. The molecular weight excluding hydrogens is 465 g/mol. The largest absolute Gasteiger partial charge is 0.522 e. The van der Waals surface area contributed by atoms with Crippen molar-refractivity contribution >= 4 is 20.9 Å². The van der Waals surface area contributed by atoms with Gasteiger partial charge in [0.05, 0.1) is 0 Å². The molecule has 0 aliphatic heterocycles. The van der Waals surface area contributed by atoms with Gasteiger partial charge in [-0.15, -0.1) is 0 Å². The lowest BCUT2D eigenvalue weighted by Gasteiger charge is -2.07. The van der Waals surface area contributed by atoms with Crippen LogP contribution in [-0.4, -0.2) is 23.6 Å². The highest BCUT2D eigenvalue weighted by Crippen LogP contribution is 2.35. The third-order valence-corrected chi connectivity index (χ3v) is 6.14. The first kappa shape index (κ1) is 25.3. The lowest BCUT2D eigenvalue weighted by molar-refractivity contribution is -0.0510. The van der Waals surface area contributed by atoms with Crippen LogP contribution >= 0.6 is 0 Å². The maximum atomic E-state index is 10.7. The van der Waals surface area contributed by atoms with Gasteiger partial charge in [-0.3, -0.25) is 4.55 Å². The Hall–Kier alpha value is -3.36. The Labute approximate surface area is 196 Å². The van der Waals surface area contributed by atoms with Gasteiger partial charge in [0.15, 0.2) is 0 Å². The predicted molar refractivity (Wildman–Crippen MR) is 127 cm³/mol. The van der Waals surface area contributed by atoms with E-state index in [0.29, 0.717) is 5.75 Å². The van der Waals surface area contributed by atoms with E-state index in [2.05, 4.69) is 55.5 Å². The van der Waals surface area contributed by atoms with Crippen molar-refractivity contribution in [3.05, 3.63) is 101 Å². The molecule has 0 atom stereocenters. The minimum Gasteiger partial charge on any atom is -0.507 e. The van der Waals surface area contributed by atoms with Crippen LogP contribution in [0.2, 0.25) is 0 Å². The molecule has 0 unspecified atom stereocenters. The molecule has 0 radical (unpaired) electrons. The van der Waals surface area contributed by atoms with Gasteiger partial charge in [-0.2, -0.15) is 21.6 Å². The molecule has 0 spiro atoms. The van der Waals surface area contributed by atoms with Crippen LogP contribution in [0.15, 0.2) is 78.9 Å². The molecule has 178 valence electrons. The fourth-order valence-electron chi connectivity index (χ4n) is 3.72. The molecule has 8 heteroatoms. The Morgan fingerprint density at radius 3 is 1.65 bits per heavy atom. The molecule has 1 aliphatic rings. The maximum Gasteiger partial charge on any atom is 0.522 e. The summed E-state index contributed by atoms with van der Waals surface area (Å²) in [5, 5.41) is 11.8. The number of halogens is 3. The molecule has 4 nitrogen and oxygen atoms in total. The summed E-state index contributed by atoms with van der Waals surface area (Å²) in [6.07, 6.45) is 1.10. The van der Waals surface area contributed by atoms with Crippen molar-refractivity contribution in [2.75, 3.05) is 0 Å². The van der Waals surface area contributed by atoms with Crippen LogP contribution in [0.1, 0.15) is 22.3 Å². The molecule has 0 aromatic heterocycles. The summed E-state index contributed by atoms with van der Waals surface area (Å²) in [6.45, 7) is 4.10. The lowest BCUT2D eigenvalue weighted by Crippen LogP contribution is -2.21. The fourth-order valence-corrected chi connectivity index (χ4v) is 3.72. The quantitative estimate of drug-likeness (QED) is 0.185. The van der Waals surface area contributed by atoms with E-state index < -0.39 is 15.6 Å². The zero-order valence-corrected chi connectivity index (χ0v) is 19.3. The topological polar surface area (TPSA) is 74.6 Å². The minimum absolute atomic E-state index is 0.374. The zero-order valence-electron chi connectivity index (χ0n) is 18.5. The third kappa shape index (κ3) is 5.58. The number of aryl methyl sites for hydroxylation is 2. The van der Waals surface area contributed by atoms with Crippen molar-refractivity contribution in [3.8, 4) is 16.9 Å². The van der Waals surface area contributed by atoms with E-state index in [1.807, 2.05) is 37.3 Å². The average Bonchev–Trinajstić information content (AvgIpc) is 3.16. The number of rotatable bonds is 0. The molecular formula is C26H23F3O4S. The smallest absolute Gasteiger partial charge is 0.507 e. The summed E-state index contributed by atoms with van der Waals surface area (Å²) < 4.78 is 57.5. The molecule has 5 rings (SSSR count). The number of alkyl halides is 3. The van der Waals surface area contributed by atoms with Crippen LogP contribution in [0.5, 0.6) is 5.75 Å². The van der Waals surface area contributed by atoms with Gasteiger partial charge in [0.2, 0.25) is 0 Å². The lowest BCUT2D eigenvalue weighted by atomic mass is 10.0. The second-order valence-electron chi connectivity index (χ2n) is 7.80. The molecule has 2 N–H and O–H groups in total. The van der Waals surface area contributed by atoms with E-state index in [9.17, 15) is 18.3 Å². The van der Waals surface area contributed by atoms with E-state index in [1.54, 1.807) is 0 Å². The molecule has 0 amide bonds. The van der Waals surface area contributed by atoms with Gasteiger partial charge in [0.1, 0.15) is 5.75 Å². The first-order valence-corrected chi connectivity index (χ1v) is 11.7. The van der Waals surface area contributed by atoms with Crippen LogP contribution in [0.3, 0.4) is 0 Å². The highest BCUT2D eigenvalue weighted by atomic mass is 32.2. The van der Waals surface area contributed by atoms with Crippen LogP contribution in [0, 0.1) is 13.8 Å². The Balaban J connectivity index is 0.000000149. The number of hydrogen-bond acceptors (Lipinski definition) is 3.